The third-order valence-electron chi connectivity index (χ3n) is 4.62. The van der Waals surface area contributed by atoms with Gasteiger partial charge < -0.3 is 5.11 Å². The molecule has 3 nitrogen and oxygen atoms in total. The van der Waals surface area contributed by atoms with Gasteiger partial charge in [0.1, 0.15) is 0 Å². The largest absolute Gasteiger partial charge is 0.388 e. The molecular weight excluding hydrogens is 236 g/mol. The minimum atomic E-state index is -0.313. The number of aliphatic hydroxyl groups excluding tert-OH is 1. The van der Waals surface area contributed by atoms with E-state index in [1.54, 1.807) is 0 Å². The van der Waals surface area contributed by atoms with Crippen molar-refractivity contribution in [1.29, 1.82) is 0 Å². The summed E-state index contributed by atoms with van der Waals surface area (Å²) in [6.07, 6.45) is 12.5. The number of unbranched alkanes of at least 4 members (excludes halogenated alkanes) is 1. The van der Waals surface area contributed by atoms with Crippen molar-refractivity contribution < 1.29 is 5.11 Å². The van der Waals surface area contributed by atoms with Crippen LogP contribution < -0.4 is 0 Å². The van der Waals surface area contributed by atoms with Gasteiger partial charge in [-0.1, -0.05) is 39.0 Å². The molecule has 19 heavy (non-hydrogen) atoms. The molecule has 108 valence electrons. The predicted molar refractivity (Wildman–Crippen MR) is 77.8 cm³/mol. The second-order valence-corrected chi connectivity index (χ2v) is 6.00. The standard InChI is InChI=1S/C16H28N2O/c1-3-5-6-13-7-9-14(10-8-13)16(19)15-11-17-18(4-2)12-15/h11-14,16,19H,3-10H2,1-2H3. The molecule has 1 atom stereocenters. The number of aliphatic hydroxyl groups is 1. The van der Waals surface area contributed by atoms with Crippen molar-refractivity contribution in [2.45, 2.75) is 71.4 Å². The third-order valence-corrected chi connectivity index (χ3v) is 4.62. The molecular formula is C16H28N2O. The molecule has 1 aromatic rings. The fraction of sp³-hybridized carbons (Fsp3) is 0.812. The zero-order valence-corrected chi connectivity index (χ0v) is 12.4. The highest BCUT2D eigenvalue weighted by atomic mass is 16.3. The van der Waals surface area contributed by atoms with Crippen molar-refractivity contribution in [3.8, 4) is 0 Å². The number of hydrogen-bond donors (Lipinski definition) is 1. The smallest absolute Gasteiger partial charge is 0.0848 e. The van der Waals surface area contributed by atoms with E-state index in [0.717, 1.165) is 18.0 Å². The summed E-state index contributed by atoms with van der Waals surface area (Å²) in [6, 6.07) is 0. The molecule has 1 fully saturated rings. The molecule has 0 radical (unpaired) electrons. The van der Waals surface area contributed by atoms with Crippen molar-refractivity contribution >= 4 is 0 Å². The van der Waals surface area contributed by atoms with Crippen LogP contribution in [0.3, 0.4) is 0 Å². The first kappa shape index (κ1) is 14.6. The number of hydrogen-bond acceptors (Lipinski definition) is 2. The van der Waals surface area contributed by atoms with Crippen LogP contribution in [-0.2, 0) is 6.54 Å². The first-order chi connectivity index (χ1) is 9.24. The van der Waals surface area contributed by atoms with E-state index in [1.807, 2.05) is 17.1 Å². The highest BCUT2D eigenvalue weighted by molar-refractivity contribution is 5.09. The monoisotopic (exact) mass is 264 g/mol. The molecule has 3 heteroatoms. The zero-order valence-electron chi connectivity index (χ0n) is 12.4. The van der Waals surface area contributed by atoms with Gasteiger partial charge in [-0.3, -0.25) is 4.68 Å². The lowest BCUT2D eigenvalue weighted by atomic mass is 9.76. The van der Waals surface area contributed by atoms with Crippen LogP contribution in [-0.4, -0.2) is 14.9 Å². The Morgan fingerprint density at radius 3 is 2.63 bits per heavy atom. The fourth-order valence-electron chi connectivity index (χ4n) is 3.26. The Morgan fingerprint density at radius 1 is 1.32 bits per heavy atom. The Kier molecular flexibility index (Phi) is 5.44. The van der Waals surface area contributed by atoms with E-state index in [-0.39, 0.29) is 6.10 Å². The van der Waals surface area contributed by atoms with Gasteiger partial charge in [0, 0.05) is 18.3 Å². The zero-order chi connectivity index (χ0) is 13.7. The average molecular weight is 264 g/mol. The SMILES string of the molecule is CCCCC1CCC(C(O)c2cnn(CC)c2)CC1. The summed E-state index contributed by atoms with van der Waals surface area (Å²) in [7, 11) is 0. The maximum absolute atomic E-state index is 10.5. The average Bonchev–Trinajstić information content (AvgIpc) is 2.94. The summed E-state index contributed by atoms with van der Waals surface area (Å²) in [4.78, 5) is 0. The molecule has 1 aliphatic rings. The molecule has 1 aromatic heterocycles. The van der Waals surface area contributed by atoms with Crippen LogP contribution in [0, 0.1) is 11.8 Å². The molecule has 0 amide bonds. The quantitative estimate of drug-likeness (QED) is 0.845. The summed E-state index contributed by atoms with van der Waals surface area (Å²) in [5.74, 6) is 1.34. The minimum Gasteiger partial charge on any atom is -0.388 e. The second-order valence-electron chi connectivity index (χ2n) is 6.00. The van der Waals surface area contributed by atoms with Crippen molar-refractivity contribution in [1.82, 2.24) is 9.78 Å². The molecule has 1 aliphatic carbocycles. The van der Waals surface area contributed by atoms with Gasteiger partial charge in [-0.05, 0) is 31.6 Å². The van der Waals surface area contributed by atoms with Gasteiger partial charge in [0.05, 0.1) is 12.3 Å². The maximum Gasteiger partial charge on any atom is 0.0848 e. The molecule has 2 rings (SSSR count). The molecule has 0 saturated heterocycles. The summed E-state index contributed by atoms with van der Waals surface area (Å²) in [5, 5.41) is 14.7. The van der Waals surface area contributed by atoms with Gasteiger partial charge in [0.25, 0.3) is 0 Å². The number of aromatic nitrogens is 2. The van der Waals surface area contributed by atoms with E-state index in [9.17, 15) is 5.11 Å². The van der Waals surface area contributed by atoms with Crippen LogP contribution in [0.15, 0.2) is 12.4 Å². The first-order valence-corrected chi connectivity index (χ1v) is 7.95. The number of nitrogens with zero attached hydrogens (tertiary/aromatic N) is 2. The molecule has 1 N–H and O–H groups in total. The van der Waals surface area contributed by atoms with Gasteiger partial charge in [-0.15, -0.1) is 0 Å². The molecule has 0 bridgehead atoms. The van der Waals surface area contributed by atoms with Crippen LogP contribution in [0.5, 0.6) is 0 Å². The van der Waals surface area contributed by atoms with E-state index in [1.165, 1.54) is 44.9 Å². The number of aryl methyl sites for hydroxylation is 1. The van der Waals surface area contributed by atoms with Gasteiger partial charge in [-0.2, -0.15) is 5.10 Å². The molecule has 0 aliphatic heterocycles. The Bertz CT molecular complexity index is 367. The van der Waals surface area contributed by atoms with Gasteiger partial charge in [0.15, 0.2) is 0 Å². The van der Waals surface area contributed by atoms with Crippen LogP contribution in [0.25, 0.3) is 0 Å². The van der Waals surface area contributed by atoms with Crippen molar-refractivity contribution in [3.63, 3.8) is 0 Å². The van der Waals surface area contributed by atoms with Crippen LogP contribution in [0.4, 0.5) is 0 Å². The Balaban J connectivity index is 1.83. The van der Waals surface area contributed by atoms with Crippen LogP contribution in [0.2, 0.25) is 0 Å². The van der Waals surface area contributed by atoms with E-state index >= 15 is 0 Å². The highest BCUT2D eigenvalue weighted by Gasteiger charge is 2.27. The maximum atomic E-state index is 10.5. The molecule has 1 unspecified atom stereocenters. The van der Waals surface area contributed by atoms with Crippen molar-refractivity contribution in [3.05, 3.63) is 18.0 Å². The first-order valence-electron chi connectivity index (χ1n) is 7.95. The van der Waals surface area contributed by atoms with E-state index < -0.39 is 0 Å². The lowest BCUT2D eigenvalue weighted by Gasteiger charge is -2.31. The van der Waals surface area contributed by atoms with E-state index in [4.69, 9.17) is 0 Å². The Hall–Kier alpha value is -0.830. The lowest BCUT2D eigenvalue weighted by molar-refractivity contribution is 0.0719. The summed E-state index contributed by atoms with van der Waals surface area (Å²) < 4.78 is 1.89. The van der Waals surface area contributed by atoms with E-state index in [0.29, 0.717) is 5.92 Å². The van der Waals surface area contributed by atoms with Crippen molar-refractivity contribution in [2.24, 2.45) is 11.8 Å². The predicted octanol–water partition coefficient (Wildman–Crippen LogP) is 3.93. The molecule has 1 heterocycles. The molecule has 1 saturated carbocycles. The summed E-state index contributed by atoms with van der Waals surface area (Å²) in [6.45, 7) is 5.21. The third kappa shape index (κ3) is 3.82. The van der Waals surface area contributed by atoms with Gasteiger partial charge >= 0.3 is 0 Å². The minimum absolute atomic E-state index is 0.313. The topological polar surface area (TPSA) is 38.1 Å². The summed E-state index contributed by atoms with van der Waals surface area (Å²) in [5.41, 5.74) is 0.999. The second kappa shape index (κ2) is 7.09. The summed E-state index contributed by atoms with van der Waals surface area (Å²) >= 11 is 0. The van der Waals surface area contributed by atoms with Crippen LogP contribution >= 0.6 is 0 Å². The van der Waals surface area contributed by atoms with E-state index in [2.05, 4.69) is 18.9 Å². The lowest BCUT2D eigenvalue weighted by Crippen LogP contribution is -2.20. The Morgan fingerprint density at radius 2 is 2.05 bits per heavy atom. The van der Waals surface area contributed by atoms with Gasteiger partial charge in [0.2, 0.25) is 0 Å². The normalized spacial score (nSPS) is 25.4. The van der Waals surface area contributed by atoms with Crippen molar-refractivity contribution in [2.75, 3.05) is 0 Å². The fourth-order valence-corrected chi connectivity index (χ4v) is 3.26. The highest BCUT2D eigenvalue weighted by Crippen LogP contribution is 2.38. The molecule has 0 spiro atoms. The number of rotatable bonds is 6. The van der Waals surface area contributed by atoms with Crippen LogP contribution in [0.1, 0.15) is 70.5 Å². The van der Waals surface area contributed by atoms with Gasteiger partial charge in [-0.25, -0.2) is 0 Å². The molecule has 0 aromatic carbocycles. The Labute approximate surface area is 117 Å².